The van der Waals surface area contributed by atoms with Crippen molar-refractivity contribution in [2.24, 2.45) is 5.14 Å². The molecule has 1 aromatic heterocycles. The minimum atomic E-state index is -3.97. The lowest BCUT2D eigenvalue weighted by Crippen LogP contribution is -2.14. The molecular formula is C23H26N2O4S2. The summed E-state index contributed by atoms with van der Waals surface area (Å²) in [6.07, 6.45) is 3.79. The van der Waals surface area contributed by atoms with Crippen LogP contribution >= 0.6 is 11.8 Å². The molecule has 0 bridgehead atoms. The molecule has 3 rings (SSSR count). The Labute approximate surface area is 187 Å². The third-order valence-electron chi connectivity index (χ3n) is 4.85. The summed E-state index contributed by atoms with van der Waals surface area (Å²) in [6.45, 7) is 2.15. The number of aromatic nitrogens is 1. The van der Waals surface area contributed by atoms with Crippen LogP contribution in [0.5, 0.6) is 5.88 Å². The normalized spacial score (nSPS) is 11.5. The SMILES string of the molecule is CCCCOc1nc(-c2ccc(SC)cc2)cc(-c2ccccc2S(N)(=O)=O)c1CO. The molecule has 0 spiro atoms. The third-order valence-corrected chi connectivity index (χ3v) is 6.56. The number of hydrogen-bond acceptors (Lipinski definition) is 6. The van der Waals surface area contributed by atoms with Gasteiger partial charge >= 0.3 is 0 Å². The van der Waals surface area contributed by atoms with Crippen molar-refractivity contribution in [1.29, 1.82) is 0 Å². The van der Waals surface area contributed by atoms with Gasteiger partial charge in [-0.15, -0.1) is 11.8 Å². The highest BCUT2D eigenvalue weighted by Gasteiger charge is 2.21. The summed E-state index contributed by atoms with van der Waals surface area (Å²) in [7, 11) is -3.97. The lowest BCUT2D eigenvalue weighted by atomic mass is 9.98. The largest absolute Gasteiger partial charge is 0.477 e. The fraction of sp³-hybridized carbons (Fsp3) is 0.261. The zero-order chi connectivity index (χ0) is 22.4. The molecule has 2 aromatic carbocycles. The van der Waals surface area contributed by atoms with E-state index < -0.39 is 10.0 Å². The Morgan fingerprint density at radius 3 is 2.42 bits per heavy atom. The van der Waals surface area contributed by atoms with Gasteiger partial charge in [0.05, 0.1) is 23.8 Å². The van der Waals surface area contributed by atoms with E-state index in [2.05, 4.69) is 11.9 Å². The molecule has 0 unspecified atom stereocenters. The molecule has 0 atom stereocenters. The van der Waals surface area contributed by atoms with Crippen molar-refractivity contribution in [3.8, 4) is 28.3 Å². The van der Waals surface area contributed by atoms with Crippen LogP contribution in [0.4, 0.5) is 0 Å². The van der Waals surface area contributed by atoms with Crippen LogP contribution in [0.25, 0.3) is 22.4 Å². The zero-order valence-electron chi connectivity index (χ0n) is 17.5. The Kier molecular flexibility index (Phi) is 7.72. The van der Waals surface area contributed by atoms with Crippen LogP contribution in [0.3, 0.4) is 0 Å². The summed E-state index contributed by atoms with van der Waals surface area (Å²) in [5.41, 5.74) is 2.83. The maximum atomic E-state index is 12.2. The van der Waals surface area contributed by atoms with E-state index in [4.69, 9.17) is 9.88 Å². The number of pyridine rings is 1. The van der Waals surface area contributed by atoms with Gasteiger partial charge < -0.3 is 9.84 Å². The second-order valence-corrected chi connectivity index (χ2v) is 9.38. The molecule has 0 aliphatic rings. The molecule has 0 amide bonds. The number of ether oxygens (including phenoxy) is 1. The van der Waals surface area contributed by atoms with Crippen LogP contribution in [0.15, 0.2) is 64.4 Å². The fourth-order valence-electron chi connectivity index (χ4n) is 3.22. The van der Waals surface area contributed by atoms with E-state index in [1.165, 1.54) is 6.07 Å². The van der Waals surface area contributed by atoms with Gasteiger partial charge in [-0.2, -0.15) is 0 Å². The van der Waals surface area contributed by atoms with Crippen LogP contribution in [0.2, 0.25) is 0 Å². The molecule has 0 radical (unpaired) electrons. The first-order chi connectivity index (χ1) is 14.9. The monoisotopic (exact) mass is 458 g/mol. The van der Waals surface area contributed by atoms with E-state index in [0.29, 0.717) is 34.9 Å². The number of hydrogen-bond donors (Lipinski definition) is 2. The van der Waals surface area contributed by atoms with Gasteiger partial charge in [0.2, 0.25) is 15.9 Å². The van der Waals surface area contributed by atoms with Crippen molar-refractivity contribution in [1.82, 2.24) is 4.98 Å². The summed E-state index contributed by atoms with van der Waals surface area (Å²) < 4.78 is 30.3. The molecule has 6 nitrogen and oxygen atoms in total. The Balaban J connectivity index is 2.25. The van der Waals surface area contributed by atoms with Crippen molar-refractivity contribution < 1.29 is 18.3 Å². The molecule has 1 heterocycles. The molecule has 0 aliphatic heterocycles. The average molecular weight is 459 g/mol. The second kappa shape index (κ2) is 10.3. The molecule has 3 aromatic rings. The average Bonchev–Trinajstić information content (AvgIpc) is 2.78. The number of nitrogens with two attached hydrogens (primary N) is 1. The maximum Gasteiger partial charge on any atom is 0.238 e. The van der Waals surface area contributed by atoms with Crippen molar-refractivity contribution in [3.63, 3.8) is 0 Å². The van der Waals surface area contributed by atoms with E-state index in [1.54, 1.807) is 36.0 Å². The van der Waals surface area contributed by atoms with E-state index in [9.17, 15) is 13.5 Å². The summed E-state index contributed by atoms with van der Waals surface area (Å²) in [5, 5.41) is 15.6. The van der Waals surface area contributed by atoms with Gasteiger partial charge in [-0.3, -0.25) is 0 Å². The second-order valence-electron chi connectivity index (χ2n) is 6.97. The predicted molar refractivity (Wildman–Crippen MR) is 125 cm³/mol. The van der Waals surface area contributed by atoms with Crippen molar-refractivity contribution in [3.05, 3.63) is 60.2 Å². The number of rotatable bonds is 9. The number of nitrogens with zero attached hydrogens (tertiary/aromatic N) is 1. The molecule has 3 N–H and O–H groups in total. The van der Waals surface area contributed by atoms with Crippen LogP contribution in [-0.4, -0.2) is 31.4 Å². The van der Waals surface area contributed by atoms with Gasteiger partial charge in [0.1, 0.15) is 0 Å². The number of thioether (sulfide) groups is 1. The van der Waals surface area contributed by atoms with Crippen molar-refractivity contribution in [2.75, 3.05) is 12.9 Å². The summed E-state index contributed by atoms with van der Waals surface area (Å²) in [5.74, 6) is 0.293. The van der Waals surface area contributed by atoms with Gasteiger partial charge in [-0.05, 0) is 42.5 Å². The lowest BCUT2D eigenvalue weighted by Gasteiger charge is -2.17. The van der Waals surface area contributed by atoms with Gasteiger partial charge in [0, 0.05) is 21.6 Å². The Hall–Kier alpha value is -2.39. The van der Waals surface area contributed by atoms with Gasteiger partial charge in [-0.1, -0.05) is 43.7 Å². The Morgan fingerprint density at radius 1 is 1.10 bits per heavy atom. The minimum Gasteiger partial charge on any atom is -0.477 e. The van der Waals surface area contributed by atoms with Crippen molar-refractivity contribution in [2.45, 2.75) is 36.2 Å². The highest BCUT2D eigenvalue weighted by atomic mass is 32.2. The molecule has 0 fully saturated rings. The smallest absolute Gasteiger partial charge is 0.238 e. The molecule has 8 heteroatoms. The molecular weight excluding hydrogens is 432 g/mol. The minimum absolute atomic E-state index is 0.0147. The van der Waals surface area contributed by atoms with E-state index in [0.717, 1.165) is 23.3 Å². The zero-order valence-corrected chi connectivity index (χ0v) is 19.2. The first-order valence-corrected chi connectivity index (χ1v) is 12.7. The molecule has 0 saturated carbocycles. The number of sulfonamides is 1. The Bertz CT molecular complexity index is 1150. The number of unbranched alkanes of at least 4 members (excludes halogenated alkanes) is 1. The van der Waals surface area contributed by atoms with Gasteiger partial charge in [0.15, 0.2) is 0 Å². The number of aliphatic hydroxyl groups is 1. The van der Waals surface area contributed by atoms with Crippen LogP contribution in [0.1, 0.15) is 25.3 Å². The molecule has 0 aliphatic carbocycles. The molecule has 31 heavy (non-hydrogen) atoms. The Morgan fingerprint density at radius 2 is 1.81 bits per heavy atom. The standard InChI is InChI=1S/C23H26N2O4S2/c1-3-4-13-29-23-20(15-26)19(18-7-5-6-8-22(18)31(24,27)28)14-21(25-23)16-9-11-17(30-2)12-10-16/h5-12,14,26H,3-4,13,15H2,1-2H3,(H2,24,27,28). The number of primary sulfonamides is 1. The number of benzene rings is 2. The topological polar surface area (TPSA) is 103 Å². The third kappa shape index (κ3) is 5.46. The van der Waals surface area contributed by atoms with E-state index >= 15 is 0 Å². The van der Waals surface area contributed by atoms with Crippen LogP contribution < -0.4 is 9.88 Å². The first kappa shape index (κ1) is 23.3. The van der Waals surface area contributed by atoms with Gasteiger partial charge in [0.25, 0.3) is 0 Å². The summed E-state index contributed by atoms with van der Waals surface area (Å²) in [4.78, 5) is 5.75. The maximum absolute atomic E-state index is 12.2. The van der Waals surface area contributed by atoms with Crippen LogP contribution in [0, 0.1) is 0 Å². The molecule has 0 saturated heterocycles. The highest BCUT2D eigenvalue weighted by molar-refractivity contribution is 7.98. The predicted octanol–water partition coefficient (Wildman–Crippen LogP) is 4.46. The fourth-order valence-corrected chi connectivity index (χ4v) is 4.38. The van der Waals surface area contributed by atoms with Crippen LogP contribution in [-0.2, 0) is 16.6 Å². The summed E-state index contributed by atoms with van der Waals surface area (Å²) >= 11 is 1.64. The van der Waals surface area contributed by atoms with Gasteiger partial charge in [-0.25, -0.2) is 18.5 Å². The first-order valence-electron chi connectivity index (χ1n) is 9.93. The molecule has 164 valence electrons. The lowest BCUT2D eigenvalue weighted by molar-refractivity contribution is 0.256. The van der Waals surface area contributed by atoms with E-state index in [1.807, 2.05) is 30.5 Å². The van der Waals surface area contributed by atoms with Crippen molar-refractivity contribution >= 4 is 21.8 Å². The number of aliphatic hydroxyl groups excluding tert-OH is 1. The van der Waals surface area contributed by atoms with E-state index in [-0.39, 0.29) is 11.5 Å². The quantitative estimate of drug-likeness (QED) is 0.363. The summed E-state index contributed by atoms with van der Waals surface area (Å²) in [6, 6.07) is 16.2. The highest BCUT2D eigenvalue weighted by Crippen LogP contribution is 2.37.